The Morgan fingerprint density at radius 3 is 2.00 bits per heavy atom. The molecule has 0 N–H and O–H groups in total. The van der Waals surface area contributed by atoms with Crippen LogP contribution in [0.15, 0.2) is 17.0 Å². The van der Waals surface area contributed by atoms with E-state index in [0.717, 1.165) is 16.0 Å². The Balaban J connectivity index is 3.17. The van der Waals surface area contributed by atoms with E-state index in [-0.39, 0.29) is 0 Å². The Kier molecular flexibility index (Phi) is 1.81. The summed E-state index contributed by atoms with van der Waals surface area (Å²) in [5.74, 6) is 0. The number of thiol groups is 1. The van der Waals surface area contributed by atoms with Crippen molar-refractivity contribution in [3.05, 3.63) is 29.3 Å². The third-order valence-corrected chi connectivity index (χ3v) is 1.38. The fraction of sp³-hybridized carbons (Fsp3) is 0.250. The van der Waals surface area contributed by atoms with E-state index < -0.39 is 0 Å². The Hall–Kier alpha value is -0.430. The first-order valence-electron chi connectivity index (χ1n) is 2.88. The van der Waals surface area contributed by atoms with Crippen LogP contribution in [0, 0.1) is 19.9 Å². The monoisotopic (exact) mass is 137 g/mol. The summed E-state index contributed by atoms with van der Waals surface area (Å²) in [6.07, 6.45) is 0. The number of aryl methyl sites for hydroxylation is 2. The zero-order chi connectivity index (χ0) is 6.85. The van der Waals surface area contributed by atoms with Crippen LogP contribution in [0.1, 0.15) is 11.1 Å². The van der Waals surface area contributed by atoms with Crippen molar-refractivity contribution >= 4 is 12.6 Å². The number of hydrogen-bond donors (Lipinski definition) is 1. The Morgan fingerprint density at radius 2 is 1.67 bits per heavy atom. The summed E-state index contributed by atoms with van der Waals surface area (Å²) in [6, 6.07) is 7.15. The quantitative estimate of drug-likeness (QED) is 0.521. The lowest BCUT2D eigenvalue weighted by Crippen LogP contribution is -1.76. The fourth-order valence-corrected chi connectivity index (χ4v) is 1.26. The molecule has 0 aliphatic rings. The molecule has 1 heteroatoms. The molecule has 1 rings (SSSR count). The minimum atomic E-state index is 1.02. The van der Waals surface area contributed by atoms with Crippen LogP contribution in [-0.2, 0) is 0 Å². The maximum atomic E-state index is 4.20. The van der Waals surface area contributed by atoms with E-state index in [1.165, 1.54) is 0 Å². The highest BCUT2D eigenvalue weighted by atomic mass is 32.1. The van der Waals surface area contributed by atoms with Crippen molar-refractivity contribution in [3.8, 4) is 0 Å². The van der Waals surface area contributed by atoms with Crippen LogP contribution in [0.5, 0.6) is 0 Å². The Morgan fingerprint density at radius 1 is 1.22 bits per heavy atom. The molecule has 0 aliphatic carbocycles. The first-order chi connectivity index (χ1) is 4.18. The highest BCUT2D eigenvalue weighted by molar-refractivity contribution is 7.80. The summed E-state index contributed by atoms with van der Waals surface area (Å²) in [4.78, 5) is 1.02. The maximum absolute atomic E-state index is 4.20. The van der Waals surface area contributed by atoms with Gasteiger partial charge < -0.3 is 0 Å². The molecule has 0 unspecified atom stereocenters. The number of benzene rings is 1. The maximum Gasteiger partial charge on any atom is 0.00456 e. The van der Waals surface area contributed by atoms with Gasteiger partial charge in [0, 0.05) is 4.90 Å². The summed E-state index contributed by atoms with van der Waals surface area (Å²) in [7, 11) is 0. The minimum absolute atomic E-state index is 1.02. The zero-order valence-electron chi connectivity index (χ0n) is 5.60. The van der Waals surface area contributed by atoms with E-state index in [9.17, 15) is 0 Å². The summed E-state index contributed by atoms with van der Waals surface area (Å²) >= 11 is 4.20. The van der Waals surface area contributed by atoms with Crippen LogP contribution in [0.2, 0.25) is 0 Å². The number of hydrogen-bond acceptors (Lipinski definition) is 1. The molecular formula is C8H9S. The van der Waals surface area contributed by atoms with Crippen LogP contribution >= 0.6 is 12.6 Å². The fourth-order valence-electron chi connectivity index (χ4n) is 0.868. The van der Waals surface area contributed by atoms with Gasteiger partial charge in [0.05, 0.1) is 0 Å². The van der Waals surface area contributed by atoms with Gasteiger partial charge in [-0.05, 0) is 43.2 Å². The van der Waals surface area contributed by atoms with Gasteiger partial charge in [-0.15, -0.1) is 12.6 Å². The smallest absolute Gasteiger partial charge is 0.00456 e. The van der Waals surface area contributed by atoms with Gasteiger partial charge in [0.2, 0.25) is 0 Å². The van der Waals surface area contributed by atoms with Crippen molar-refractivity contribution in [3.63, 3.8) is 0 Å². The van der Waals surface area contributed by atoms with E-state index >= 15 is 0 Å². The van der Waals surface area contributed by atoms with Crippen molar-refractivity contribution in [1.29, 1.82) is 0 Å². The molecule has 0 spiro atoms. The molecule has 0 fully saturated rings. The van der Waals surface area contributed by atoms with E-state index in [1.807, 2.05) is 26.0 Å². The topological polar surface area (TPSA) is 0 Å². The molecule has 1 aromatic rings. The average Bonchev–Trinajstić information content (AvgIpc) is 1.59. The molecule has 0 aliphatic heterocycles. The largest absolute Gasteiger partial charge is 0.143 e. The predicted molar refractivity (Wildman–Crippen MR) is 42.0 cm³/mol. The molecule has 0 atom stereocenters. The highest BCUT2D eigenvalue weighted by Crippen LogP contribution is 2.10. The van der Waals surface area contributed by atoms with Gasteiger partial charge in [-0.2, -0.15) is 0 Å². The van der Waals surface area contributed by atoms with Crippen molar-refractivity contribution in [1.82, 2.24) is 0 Å². The van der Waals surface area contributed by atoms with E-state index in [0.29, 0.717) is 0 Å². The van der Waals surface area contributed by atoms with Gasteiger partial charge in [-0.25, -0.2) is 0 Å². The molecule has 0 nitrogen and oxygen atoms in total. The van der Waals surface area contributed by atoms with Gasteiger partial charge >= 0.3 is 0 Å². The Labute approximate surface area is 61.3 Å². The van der Waals surface area contributed by atoms with Crippen molar-refractivity contribution in [2.75, 3.05) is 0 Å². The summed E-state index contributed by atoms with van der Waals surface area (Å²) in [5, 5.41) is 0. The van der Waals surface area contributed by atoms with Crippen LogP contribution < -0.4 is 0 Å². The summed E-state index contributed by atoms with van der Waals surface area (Å²) in [6.45, 7) is 4.04. The molecular weight excluding hydrogens is 128 g/mol. The normalized spacial score (nSPS) is 9.67. The highest BCUT2D eigenvalue weighted by Gasteiger charge is 1.88. The van der Waals surface area contributed by atoms with Crippen LogP contribution in [0.25, 0.3) is 0 Å². The lowest BCUT2D eigenvalue weighted by atomic mass is 10.2. The minimum Gasteiger partial charge on any atom is -0.143 e. The van der Waals surface area contributed by atoms with Crippen LogP contribution in [-0.4, -0.2) is 0 Å². The third-order valence-electron chi connectivity index (χ3n) is 1.12. The van der Waals surface area contributed by atoms with E-state index in [2.05, 4.69) is 18.7 Å². The molecule has 0 amide bonds. The second kappa shape index (κ2) is 2.44. The molecule has 0 aromatic heterocycles. The molecule has 1 aromatic carbocycles. The lowest BCUT2D eigenvalue weighted by molar-refractivity contribution is 1.29. The molecule has 1 radical (unpaired) electrons. The van der Waals surface area contributed by atoms with Gasteiger partial charge in [0.15, 0.2) is 0 Å². The standard InChI is InChI=1S/C8H9S/c1-6-3-7(2)5-8(9)4-6/h4-5,9H,1-2H3. The van der Waals surface area contributed by atoms with Crippen LogP contribution in [0.4, 0.5) is 0 Å². The lowest BCUT2D eigenvalue weighted by Gasteiger charge is -1.95. The Bertz CT molecular complexity index is 165. The molecule has 0 saturated carbocycles. The molecule has 9 heavy (non-hydrogen) atoms. The molecule has 0 heterocycles. The van der Waals surface area contributed by atoms with Gasteiger partial charge in [0.1, 0.15) is 0 Å². The second-order valence-corrected chi connectivity index (χ2v) is 2.72. The van der Waals surface area contributed by atoms with E-state index in [1.54, 1.807) is 0 Å². The first kappa shape index (κ1) is 6.69. The van der Waals surface area contributed by atoms with E-state index in [4.69, 9.17) is 0 Å². The average molecular weight is 137 g/mol. The van der Waals surface area contributed by atoms with Gasteiger partial charge in [0.25, 0.3) is 0 Å². The second-order valence-electron chi connectivity index (χ2n) is 2.20. The van der Waals surface area contributed by atoms with Crippen molar-refractivity contribution in [2.24, 2.45) is 0 Å². The van der Waals surface area contributed by atoms with Crippen molar-refractivity contribution < 1.29 is 0 Å². The molecule has 47 valence electrons. The molecule has 0 bridgehead atoms. The molecule has 0 saturated heterocycles. The summed E-state index contributed by atoms with van der Waals surface area (Å²) in [5.41, 5.74) is 2.31. The van der Waals surface area contributed by atoms with Crippen molar-refractivity contribution in [2.45, 2.75) is 18.7 Å². The van der Waals surface area contributed by atoms with Gasteiger partial charge in [-0.3, -0.25) is 0 Å². The third kappa shape index (κ3) is 1.75. The van der Waals surface area contributed by atoms with Gasteiger partial charge in [-0.1, -0.05) is 0 Å². The van der Waals surface area contributed by atoms with Crippen LogP contribution in [0.3, 0.4) is 0 Å². The first-order valence-corrected chi connectivity index (χ1v) is 3.33. The predicted octanol–water partition coefficient (Wildman–Crippen LogP) is 2.39. The zero-order valence-corrected chi connectivity index (χ0v) is 6.50. The SMILES string of the molecule is Cc1[c]c(C)cc(S)c1. The number of rotatable bonds is 0. The summed E-state index contributed by atoms with van der Waals surface area (Å²) < 4.78 is 0.